The first-order chi connectivity index (χ1) is 13.4. The van der Waals surface area contributed by atoms with Gasteiger partial charge < -0.3 is 4.57 Å². The molecule has 0 N–H and O–H groups in total. The van der Waals surface area contributed by atoms with E-state index in [4.69, 9.17) is 4.98 Å². The van der Waals surface area contributed by atoms with Crippen LogP contribution in [0.2, 0.25) is 0 Å². The van der Waals surface area contributed by atoms with E-state index in [1.807, 2.05) is 10.7 Å². The Balaban J connectivity index is 1.66. The van der Waals surface area contributed by atoms with Crippen molar-refractivity contribution in [3.05, 3.63) is 24.0 Å². The summed E-state index contributed by atoms with van der Waals surface area (Å²) in [5.41, 5.74) is 1.63. The Kier molecular flexibility index (Phi) is 5.15. The largest absolute Gasteiger partial charge is 0.327 e. The van der Waals surface area contributed by atoms with Gasteiger partial charge in [-0.2, -0.15) is 0 Å². The third-order valence-electron chi connectivity index (χ3n) is 4.71. The Labute approximate surface area is 168 Å². The van der Waals surface area contributed by atoms with E-state index in [-0.39, 0.29) is 4.90 Å². The lowest BCUT2D eigenvalue weighted by Gasteiger charge is -2.11. The van der Waals surface area contributed by atoms with Crippen molar-refractivity contribution < 1.29 is 8.42 Å². The minimum absolute atomic E-state index is 0.253. The van der Waals surface area contributed by atoms with E-state index in [0.717, 1.165) is 42.3 Å². The predicted octanol–water partition coefficient (Wildman–Crippen LogP) is 2.31. The van der Waals surface area contributed by atoms with E-state index in [2.05, 4.69) is 27.0 Å². The summed E-state index contributed by atoms with van der Waals surface area (Å²) in [5, 5.41) is 12.8. The number of hydrogen-bond acceptors (Lipinski definition) is 7. The van der Waals surface area contributed by atoms with Crippen LogP contribution in [0.4, 0.5) is 0 Å². The number of aromatic nitrogens is 6. The number of fused-ring (bicyclic) bond motifs is 1. The van der Waals surface area contributed by atoms with E-state index in [1.54, 1.807) is 23.9 Å². The first-order valence-corrected chi connectivity index (χ1v) is 11.7. The first-order valence-electron chi connectivity index (χ1n) is 9.24. The van der Waals surface area contributed by atoms with Gasteiger partial charge >= 0.3 is 0 Å². The van der Waals surface area contributed by atoms with Gasteiger partial charge in [-0.3, -0.25) is 0 Å². The minimum atomic E-state index is -3.49. The Morgan fingerprint density at radius 2 is 2.07 bits per heavy atom. The highest BCUT2D eigenvalue weighted by molar-refractivity contribution is 7.98. The second kappa shape index (κ2) is 7.45. The molecule has 150 valence electrons. The topological polar surface area (TPSA) is 98.8 Å². The normalized spacial score (nSPS) is 15.0. The summed E-state index contributed by atoms with van der Waals surface area (Å²) < 4.78 is 30.1. The van der Waals surface area contributed by atoms with Gasteiger partial charge in [0, 0.05) is 20.6 Å². The predicted molar refractivity (Wildman–Crippen MR) is 107 cm³/mol. The number of hydrogen-bond donors (Lipinski definition) is 0. The zero-order chi connectivity index (χ0) is 19.9. The highest BCUT2D eigenvalue weighted by atomic mass is 32.2. The second-order valence-corrected chi connectivity index (χ2v) is 10.1. The van der Waals surface area contributed by atoms with Crippen molar-refractivity contribution in [3.8, 4) is 0 Å². The van der Waals surface area contributed by atoms with Crippen molar-refractivity contribution in [1.82, 2.24) is 34.1 Å². The SMILES string of the molecule is CCCn1c(CSc2nnnn2C2CC2)nc2cc(S(=O)(=O)N(C)C)ccc21. The van der Waals surface area contributed by atoms with Crippen LogP contribution < -0.4 is 0 Å². The van der Waals surface area contributed by atoms with Crippen molar-refractivity contribution >= 4 is 32.8 Å². The molecule has 1 aromatic carbocycles. The summed E-state index contributed by atoms with van der Waals surface area (Å²) >= 11 is 1.56. The molecule has 0 radical (unpaired) electrons. The first kappa shape index (κ1) is 19.3. The second-order valence-electron chi connectivity index (χ2n) is 7.04. The number of rotatable bonds is 8. The van der Waals surface area contributed by atoms with Gasteiger partial charge in [0.25, 0.3) is 0 Å². The summed E-state index contributed by atoms with van der Waals surface area (Å²) in [6.45, 7) is 2.93. The molecule has 0 aliphatic heterocycles. The minimum Gasteiger partial charge on any atom is -0.327 e. The van der Waals surface area contributed by atoms with E-state index >= 15 is 0 Å². The Morgan fingerprint density at radius 3 is 2.75 bits per heavy atom. The average molecular weight is 422 g/mol. The summed E-state index contributed by atoms with van der Waals surface area (Å²) in [4.78, 5) is 4.99. The monoisotopic (exact) mass is 421 g/mol. The maximum atomic E-state index is 12.4. The van der Waals surface area contributed by atoms with E-state index in [9.17, 15) is 8.42 Å². The number of aryl methyl sites for hydroxylation is 1. The van der Waals surface area contributed by atoms with Crippen LogP contribution in [0.3, 0.4) is 0 Å². The van der Waals surface area contributed by atoms with Crippen LogP contribution >= 0.6 is 11.8 Å². The van der Waals surface area contributed by atoms with Crippen LogP contribution in [0.25, 0.3) is 11.0 Å². The fourth-order valence-corrected chi connectivity index (χ4v) is 4.88. The average Bonchev–Trinajstić information content (AvgIpc) is 3.30. The van der Waals surface area contributed by atoms with Gasteiger partial charge in [-0.1, -0.05) is 18.7 Å². The van der Waals surface area contributed by atoms with Crippen molar-refractivity contribution in [2.45, 2.75) is 54.6 Å². The molecular formula is C17H23N7O2S2. The van der Waals surface area contributed by atoms with Crippen molar-refractivity contribution in [2.24, 2.45) is 0 Å². The fourth-order valence-electron chi connectivity index (χ4n) is 3.07. The summed E-state index contributed by atoms with van der Waals surface area (Å²) in [6.07, 6.45) is 3.20. The maximum Gasteiger partial charge on any atom is 0.242 e. The van der Waals surface area contributed by atoms with Gasteiger partial charge in [0.15, 0.2) is 0 Å². The van der Waals surface area contributed by atoms with Gasteiger partial charge in [-0.05, 0) is 47.9 Å². The van der Waals surface area contributed by atoms with Crippen molar-refractivity contribution in [1.29, 1.82) is 0 Å². The molecule has 0 unspecified atom stereocenters. The molecule has 0 atom stereocenters. The van der Waals surface area contributed by atoms with Gasteiger partial charge in [0.2, 0.25) is 15.2 Å². The summed E-state index contributed by atoms with van der Waals surface area (Å²) in [6, 6.07) is 5.57. The molecule has 1 fully saturated rings. The number of imidazole rings is 1. The van der Waals surface area contributed by atoms with Gasteiger partial charge in [-0.15, -0.1) is 5.10 Å². The molecule has 11 heteroatoms. The molecule has 3 aromatic rings. The Bertz CT molecular complexity index is 1100. The molecule has 28 heavy (non-hydrogen) atoms. The number of thioether (sulfide) groups is 1. The molecule has 0 amide bonds. The highest BCUT2D eigenvalue weighted by Crippen LogP contribution is 2.37. The van der Waals surface area contributed by atoms with Crippen LogP contribution in [0.1, 0.15) is 38.1 Å². The van der Waals surface area contributed by atoms with Crippen LogP contribution in [0.15, 0.2) is 28.3 Å². The third kappa shape index (κ3) is 3.53. The molecule has 2 aromatic heterocycles. The molecule has 9 nitrogen and oxygen atoms in total. The van der Waals surface area contributed by atoms with Crippen molar-refractivity contribution in [3.63, 3.8) is 0 Å². The molecule has 1 aliphatic rings. The molecule has 0 spiro atoms. The zero-order valence-corrected chi connectivity index (χ0v) is 17.7. The standard InChI is InChI=1S/C17H23N7O2S2/c1-4-9-23-15-8-7-13(28(25,26)22(2)3)10-14(15)18-16(23)11-27-17-19-20-21-24(17)12-5-6-12/h7-8,10,12H,4-6,9,11H2,1-3H3. The molecule has 2 heterocycles. The highest BCUT2D eigenvalue weighted by Gasteiger charge is 2.28. The number of benzene rings is 1. The molecule has 1 aliphatic carbocycles. The molecular weight excluding hydrogens is 398 g/mol. The zero-order valence-electron chi connectivity index (χ0n) is 16.1. The van der Waals surface area contributed by atoms with Crippen LogP contribution in [0.5, 0.6) is 0 Å². The number of nitrogens with zero attached hydrogens (tertiary/aromatic N) is 7. The van der Waals surface area contributed by atoms with E-state index < -0.39 is 10.0 Å². The maximum absolute atomic E-state index is 12.4. The molecule has 0 bridgehead atoms. The molecule has 0 saturated heterocycles. The Hall–Kier alpha value is -1.98. The quantitative estimate of drug-likeness (QED) is 0.515. The number of tetrazole rings is 1. The Morgan fingerprint density at radius 1 is 1.29 bits per heavy atom. The molecule has 4 rings (SSSR count). The summed E-state index contributed by atoms with van der Waals surface area (Å²) in [7, 11) is -0.433. The number of sulfonamides is 1. The lowest BCUT2D eigenvalue weighted by molar-refractivity contribution is 0.521. The smallest absolute Gasteiger partial charge is 0.242 e. The van der Waals surface area contributed by atoms with Crippen molar-refractivity contribution in [2.75, 3.05) is 14.1 Å². The van der Waals surface area contributed by atoms with E-state index in [1.165, 1.54) is 18.4 Å². The summed E-state index contributed by atoms with van der Waals surface area (Å²) in [5.74, 6) is 1.52. The lowest BCUT2D eigenvalue weighted by atomic mass is 10.3. The van der Waals surface area contributed by atoms with Gasteiger partial charge in [0.1, 0.15) is 5.82 Å². The molecule has 1 saturated carbocycles. The fraction of sp³-hybridized carbons (Fsp3) is 0.529. The van der Waals surface area contributed by atoms with Gasteiger partial charge in [0.05, 0.1) is 27.7 Å². The van der Waals surface area contributed by atoms with Gasteiger partial charge in [-0.25, -0.2) is 22.4 Å². The lowest BCUT2D eigenvalue weighted by Crippen LogP contribution is -2.22. The third-order valence-corrected chi connectivity index (χ3v) is 7.45. The van der Waals surface area contributed by atoms with Crippen LogP contribution in [0, 0.1) is 0 Å². The van der Waals surface area contributed by atoms with Crippen LogP contribution in [-0.4, -0.2) is 56.6 Å². The van der Waals surface area contributed by atoms with E-state index in [0.29, 0.717) is 17.3 Å². The van der Waals surface area contributed by atoms with Crippen LogP contribution in [-0.2, 0) is 22.3 Å².